The maximum atomic E-state index is 2.38. The minimum atomic E-state index is 0.388. The molecule has 0 nitrogen and oxygen atoms in total. The van der Waals surface area contributed by atoms with Crippen molar-refractivity contribution in [3.63, 3.8) is 0 Å². The Morgan fingerprint density at radius 1 is 1.13 bits per heavy atom. The highest BCUT2D eigenvalue weighted by atomic mass is 14.5. The molecule has 0 heterocycles. The number of benzene rings is 1. The van der Waals surface area contributed by atoms with Crippen LogP contribution in [-0.2, 0) is 5.41 Å². The highest BCUT2D eigenvalue weighted by Crippen LogP contribution is 2.55. The Bertz CT molecular complexity index is 351. The second-order valence-corrected chi connectivity index (χ2v) is 6.06. The van der Waals surface area contributed by atoms with E-state index in [1.807, 2.05) is 0 Å². The van der Waals surface area contributed by atoms with Crippen LogP contribution in [0.3, 0.4) is 0 Å². The van der Waals surface area contributed by atoms with Crippen molar-refractivity contribution in [2.24, 2.45) is 5.41 Å². The predicted octanol–water partition coefficient (Wildman–Crippen LogP) is 4.46. The zero-order chi connectivity index (χ0) is 11.1. The third-order valence-corrected chi connectivity index (χ3v) is 4.21. The zero-order valence-corrected chi connectivity index (χ0v) is 10.4. The molecule has 1 aliphatic carbocycles. The predicted molar refractivity (Wildman–Crippen MR) is 66.2 cm³/mol. The van der Waals surface area contributed by atoms with Crippen LogP contribution in [-0.4, -0.2) is 0 Å². The molecule has 0 bridgehead atoms. The Balaban J connectivity index is 2.43. The van der Waals surface area contributed by atoms with Gasteiger partial charge < -0.3 is 0 Å². The number of hydrogen-bond acceptors (Lipinski definition) is 0. The standard InChI is InChI=1S/C15H22/c1-12-7-5-8-13(11-12)15(9-6-10-15)14(2,3)4/h5,7-8,11H,6,9-10H2,1-4H3. The largest absolute Gasteiger partial charge is 0.0617 e. The van der Waals surface area contributed by atoms with E-state index in [0.717, 1.165) is 0 Å². The van der Waals surface area contributed by atoms with Crippen LogP contribution in [0.4, 0.5) is 0 Å². The van der Waals surface area contributed by atoms with Crippen LogP contribution < -0.4 is 0 Å². The fraction of sp³-hybridized carbons (Fsp3) is 0.600. The summed E-state index contributed by atoms with van der Waals surface area (Å²) < 4.78 is 0. The molecule has 0 spiro atoms. The third-order valence-electron chi connectivity index (χ3n) is 4.21. The number of rotatable bonds is 1. The molecule has 0 radical (unpaired) electrons. The lowest BCUT2D eigenvalue weighted by atomic mass is 9.52. The Morgan fingerprint density at radius 3 is 2.20 bits per heavy atom. The Hall–Kier alpha value is -0.780. The maximum absolute atomic E-state index is 2.38. The second-order valence-electron chi connectivity index (χ2n) is 6.06. The molecular weight excluding hydrogens is 180 g/mol. The van der Waals surface area contributed by atoms with Crippen molar-refractivity contribution in [1.82, 2.24) is 0 Å². The van der Waals surface area contributed by atoms with E-state index < -0.39 is 0 Å². The molecule has 82 valence electrons. The average Bonchev–Trinajstić information content (AvgIpc) is 1.98. The van der Waals surface area contributed by atoms with Gasteiger partial charge in [0.15, 0.2) is 0 Å². The summed E-state index contributed by atoms with van der Waals surface area (Å²) in [5.74, 6) is 0. The molecule has 0 atom stereocenters. The number of hydrogen-bond donors (Lipinski definition) is 0. The van der Waals surface area contributed by atoms with Gasteiger partial charge in [0.1, 0.15) is 0 Å². The highest BCUT2D eigenvalue weighted by Gasteiger charge is 2.47. The smallest absolute Gasteiger partial charge is 0.000159 e. The summed E-state index contributed by atoms with van der Waals surface area (Å²) in [6, 6.07) is 9.09. The second kappa shape index (κ2) is 3.37. The van der Waals surface area contributed by atoms with E-state index in [1.165, 1.54) is 24.8 Å². The quantitative estimate of drug-likeness (QED) is 0.630. The van der Waals surface area contributed by atoms with Crippen LogP contribution in [0.15, 0.2) is 24.3 Å². The summed E-state index contributed by atoms with van der Waals surface area (Å²) in [6.07, 6.45) is 4.12. The van der Waals surface area contributed by atoms with Crippen molar-refractivity contribution in [2.45, 2.75) is 52.4 Å². The molecule has 1 fully saturated rings. The van der Waals surface area contributed by atoms with Crippen LogP contribution >= 0.6 is 0 Å². The van der Waals surface area contributed by atoms with Crippen LogP contribution in [0.25, 0.3) is 0 Å². The molecule has 1 aliphatic rings. The molecule has 0 unspecified atom stereocenters. The molecule has 0 N–H and O–H groups in total. The van der Waals surface area contributed by atoms with E-state index in [0.29, 0.717) is 10.8 Å². The summed E-state index contributed by atoms with van der Waals surface area (Å²) >= 11 is 0. The van der Waals surface area contributed by atoms with Gasteiger partial charge in [-0.25, -0.2) is 0 Å². The van der Waals surface area contributed by atoms with Crippen molar-refractivity contribution in [3.8, 4) is 0 Å². The van der Waals surface area contributed by atoms with Gasteiger partial charge in [-0.1, -0.05) is 57.0 Å². The fourth-order valence-corrected chi connectivity index (χ4v) is 2.94. The van der Waals surface area contributed by atoms with Gasteiger partial charge in [-0.3, -0.25) is 0 Å². The lowest BCUT2D eigenvalue weighted by Crippen LogP contribution is -2.45. The lowest BCUT2D eigenvalue weighted by Gasteiger charge is -2.52. The molecule has 0 amide bonds. The van der Waals surface area contributed by atoms with E-state index in [-0.39, 0.29) is 0 Å². The van der Waals surface area contributed by atoms with Gasteiger partial charge in [-0.15, -0.1) is 0 Å². The normalized spacial score (nSPS) is 19.7. The molecule has 0 saturated heterocycles. The monoisotopic (exact) mass is 202 g/mol. The summed E-state index contributed by atoms with van der Waals surface area (Å²) in [7, 11) is 0. The van der Waals surface area contributed by atoms with Crippen molar-refractivity contribution in [1.29, 1.82) is 0 Å². The molecule has 1 aromatic carbocycles. The highest BCUT2D eigenvalue weighted by molar-refractivity contribution is 5.33. The molecule has 1 aromatic rings. The first-order chi connectivity index (χ1) is 6.96. The van der Waals surface area contributed by atoms with E-state index in [9.17, 15) is 0 Å². The van der Waals surface area contributed by atoms with Gasteiger partial charge >= 0.3 is 0 Å². The maximum Gasteiger partial charge on any atom is 0.000159 e. The first-order valence-electron chi connectivity index (χ1n) is 6.03. The molecule has 2 rings (SSSR count). The van der Waals surface area contributed by atoms with E-state index in [1.54, 1.807) is 5.56 Å². The van der Waals surface area contributed by atoms with Gasteiger partial charge in [0.25, 0.3) is 0 Å². The van der Waals surface area contributed by atoms with Crippen molar-refractivity contribution >= 4 is 0 Å². The summed E-state index contributed by atoms with van der Waals surface area (Å²) in [6.45, 7) is 9.34. The van der Waals surface area contributed by atoms with Crippen molar-refractivity contribution in [3.05, 3.63) is 35.4 Å². The van der Waals surface area contributed by atoms with Crippen LogP contribution in [0.1, 0.15) is 51.2 Å². The SMILES string of the molecule is Cc1cccc(C2(C(C)(C)C)CCC2)c1. The first kappa shape index (κ1) is 10.7. The summed E-state index contributed by atoms with van der Waals surface area (Å²) in [4.78, 5) is 0. The first-order valence-corrected chi connectivity index (χ1v) is 6.03. The van der Waals surface area contributed by atoms with Gasteiger partial charge in [0.2, 0.25) is 0 Å². The molecule has 15 heavy (non-hydrogen) atoms. The minimum Gasteiger partial charge on any atom is -0.0617 e. The van der Waals surface area contributed by atoms with E-state index >= 15 is 0 Å². The summed E-state index contributed by atoms with van der Waals surface area (Å²) in [5, 5.41) is 0. The fourth-order valence-electron chi connectivity index (χ4n) is 2.94. The van der Waals surface area contributed by atoms with E-state index in [4.69, 9.17) is 0 Å². The molecule has 1 saturated carbocycles. The van der Waals surface area contributed by atoms with Gasteiger partial charge in [-0.05, 0) is 30.7 Å². The van der Waals surface area contributed by atoms with Crippen LogP contribution in [0.5, 0.6) is 0 Å². The molecular formula is C15H22. The third kappa shape index (κ3) is 1.60. The van der Waals surface area contributed by atoms with Crippen molar-refractivity contribution in [2.75, 3.05) is 0 Å². The van der Waals surface area contributed by atoms with Gasteiger partial charge in [-0.2, -0.15) is 0 Å². The Labute approximate surface area is 93.7 Å². The average molecular weight is 202 g/mol. The number of aryl methyl sites for hydroxylation is 1. The zero-order valence-electron chi connectivity index (χ0n) is 10.4. The van der Waals surface area contributed by atoms with Crippen LogP contribution in [0.2, 0.25) is 0 Å². The lowest BCUT2D eigenvalue weighted by molar-refractivity contribution is 0.0852. The van der Waals surface area contributed by atoms with Gasteiger partial charge in [0.05, 0.1) is 0 Å². The van der Waals surface area contributed by atoms with Gasteiger partial charge in [0, 0.05) is 5.41 Å². The summed E-state index contributed by atoms with van der Waals surface area (Å²) in [5.41, 5.74) is 3.78. The Morgan fingerprint density at radius 2 is 1.80 bits per heavy atom. The molecule has 0 aromatic heterocycles. The van der Waals surface area contributed by atoms with E-state index in [2.05, 4.69) is 52.0 Å². The van der Waals surface area contributed by atoms with Crippen LogP contribution in [0, 0.1) is 12.3 Å². The topological polar surface area (TPSA) is 0 Å². The Kier molecular flexibility index (Phi) is 2.41. The molecule has 0 heteroatoms. The minimum absolute atomic E-state index is 0.388. The molecule has 0 aliphatic heterocycles. The van der Waals surface area contributed by atoms with Crippen molar-refractivity contribution < 1.29 is 0 Å².